The summed E-state index contributed by atoms with van der Waals surface area (Å²) in [6, 6.07) is 13.3. The average molecular weight is 588 g/mol. The first-order chi connectivity index (χ1) is 17.7. The van der Waals surface area contributed by atoms with Gasteiger partial charge in [-0.2, -0.15) is 0 Å². The molecule has 0 aliphatic carbocycles. The van der Waals surface area contributed by atoms with Crippen molar-refractivity contribution in [1.29, 1.82) is 0 Å². The summed E-state index contributed by atoms with van der Waals surface area (Å²) in [5, 5.41) is 2.33. The molecule has 37 heavy (non-hydrogen) atoms. The summed E-state index contributed by atoms with van der Waals surface area (Å²) in [5.41, 5.74) is 1.56. The van der Waals surface area contributed by atoms with Gasteiger partial charge in [-0.15, -0.1) is 0 Å². The van der Waals surface area contributed by atoms with E-state index in [1.807, 2.05) is 6.92 Å². The van der Waals surface area contributed by atoms with Gasteiger partial charge in [-0.25, -0.2) is 14.1 Å². The van der Waals surface area contributed by atoms with Crippen LogP contribution in [0.2, 0.25) is 5.02 Å². The van der Waals surface area contributed by atoms with Gasteiger partial charge in [0, 0.05) is 10.0 Å². The Morgan fingerprint density at radius 2 is 1.84 bits per heavy atom. The van der Waals surface area contributed by atoms with Crippen LogP contribution in [0.5, 0.6) is 11.5 Å². The van der Waals surface area contributed by atoms with Crippen LogP contribution in [0, 0.1) is 12.7 Å². The molecule has 0 saturated carbocycles. The first-order valence-electron chi connectivity index (χ1n) is 11.2. The van der Waals surface area contributed by atoms with Gasteiger partial charge in [-0.1, -0.05) is 45.7 Å². The third-order valence-electron chi connectivity index (χ3n) is 5.47. The molecule has 3 aromatic carbocycles. The summed E-state index contributed by atoms with van der Waals surface area (Å²) in [6.07, 6.45) is 1.32. The van der Waals surface area contributed by atoms with Crippen molar-refractivity contribution in [2.75, 3.05) is 11.5 Å². The summed E-state index contributed by atoms with van der Waals surface area (Å²) in [6.45, 7) is 3.77. The molecule has 0 bridgehead atoms. The molecule has 1 saturated heterocycles. The van der Waals surface area contributed by atoms with E-state index in [9.17, 15) is 18.8 Å². The van der Waals surface area contributed by atoms with Crippen molar-refractivity contribution in [3.05, 3.63) is 92.2 Å². The number of aryl methyl sites for hydroxylation is 1. The fraction of sp³-hybridized carbons (Fsp3) is 0.148. The number of ether oxygens (including phenoxy) is 2. The third-order valence-corrected chi connectivity index (χ3v) is 6.64. The van der Waals surface area contributed by atoms with E-state index in [-0.39, 0.29) is 35.3 Å². The van der Waals surface area contributed by atoms with Crippen molar-refractivity contribution in [2.24, 2.45) is 0 Å². The van der Waals surface area contributed by atoms with E-state index in [1.54, 1.807) is 49.4 Å². The molecular weight excluding hydrogens is 567 g/mol. The highest BCUT2D eigenvalue weighted by Gasteiger charge is 2.37. The van der Waals surface area contributed by atoms with Gasteiger partial charge in [0.15, 0.2) is 11.5 Å². The lowest BCUT2D eigenvalue weighted by Crippen LogP contribution is -2.54. The number of carbonyl (C=O) groups excluding carboxylic acids is 3. The van der Waals surface area contributed by atoms with Crippen LogP contribution >= 0.6 is 27.5 Å². The predicted molar refractivity (Wildman–Crippen MR) is 141 cm³/mol. The Morgan fingerprint density at radius 1 is 1.08 bits per heavy atom. The number of benzene rings is 3. The number of carbonyl (C=O) groups is 3. The fourth-order valence-corrected chi connectivity index (χ4v) is 4.19. The Kier molecular flexibility index (Phi) is 7.94. The van der Waals surface area contributed by atoms with E-state index >= 15 is 0 Å². The smallest absolute Gasteiger partial charge is 0.335 e. The van der Waals surface area contributed by atoms with Gasteiger partial charge in [0.2, 0.25) is 0 Å². The Morgan fingerprint density at radius 3 is 2.54 bits per heavy atom. The number of hydrogen-bond donors (Lipinski definition) is 1. The van der Waals surface area contributed by atoms with Crippen LogP contribution in [-0.2, 0) is 16.2 Å². The molecule has 0 radical (unpaired) electrons. The number of nitrogens with one attached hydrogen (secondary N) is 1. The molecule has 1 aliphatic rings. The fourth-order valence-electron chi connectivity index (χ4n) is 3.67. The minimum atomic E-state index is -0.848. The van der Waals surface area contributed by atoms with E-state index < -0.39 is 23.7 Å². The lowest BCUT2D eigenvalue weighted by Gasteiger charge is -2.26. The van der Waals surface area contributed by atoms with Crippen LogP contribution in [0.25, 0.3) is 6.08 Å². The lowest BCUT2D eigenvalue weighted by molar-refractivity contribution is -0.122. The molecule has 1 aliphatic heterocycles. The molecule has 4 amide bonds. The van der Waals surface area contributed by atoms with E-state index in [4.69, 9.17) is 21.1 Å². The van der Waals surface area contributed by atoms with Crippen LogP contribution in [-0.4, -0.2) is 24.5 Å². The number of rotatable bonds is 7. The maximum atomic E-state index is 14.0. The largest absolute Gasteiger partial charge is 0.490 e. The molecule has 1 fully saturated rings. The molecular formula is C27H21BrClFN2O5. The van der Waals surface area contributed by atoms with Gasteiger partial charge in [-0.3, -0.25) is 14.9 Å². The number of amides is 4. The van der Waals surface area contributed by atoms with Gasteiger partial charge in [0.1, 0.15) is 18.0 Å². The quantitative estimate of drug-likeness (QED) is 0.263. The molecule has 1 heterocycles. The van der Waals surface area contributed by atoms with Crippen molar-refractivity contribution >= 4 is 57.1 Å². The van der Waals surface area contributed by atoms with Gasteiger partial charge in [-0.05, 0) is 67.4 Å². The molecule has 0 aromatic heterocycles. The number of anilines is 1. The zero-order valence-electron chi connectivity index (χ0n) is 19.8. The summed E-state index contributed by atoms with van der Waals surface area (Å²) < 4.78 is 26.2. The monoisotopic (exact) mass is 586 g/mol. The van der Waals surface area contributed by atoms with Crippen molar-refractivity contribution in [1.82, 2.24) is 5.32 Å². The van der Waals surface area contributed by atoms with E-state index in [0.29, 0.717) is 16.8 Å². The normalized spacial score (nSPS) is 14.7. The summed E-state index contributed by atoms with van der Waals surface area (Å²) in [7, 11) is 0. The van der Waals surface area contributed by atoms with Crippen molar-refractivity contribution in [3.63, 3.8) is 0 Å². The Bertz CT molecular complexity index is 1440. The molecule has 190 valence electrons. The molecule has 10 heteroatoms. The summed E-state index contributed by atoms with van der Waals surface area (Å²) in [4.78, 5) is 39.2. The Balaban J connectivity index is 1.67. The van der Waals surface area contributed by atoms with Crippen LogP contribution in [0.4, 0.5) is 14.9 Å². The highest BCUT2D eigenvalue weighted by Crippen LogP contribution is 2.38. The predicted octanol–water partition coefficient (Wildman–Crippen LogP) is 6.19. The number of imide groups is 2. The zero-order chi connectivity index (χ0) is 26.7. The highest BCUT2D eigenvalue weighted by molar-refractivity contribution is 9.10. The minimum Gasteiger partial charge on any atom is -0.490 e. The van der Waals surface area contributed by atoms with Crippen LogP contribution in [0.3, 0.4) is 0 Å². The molecule has 7 nitrogen and oxygen atoms in total. The third kappa shape index (κ3) is 5.68. The van der Waals surface area contributed by atoms with Crippen molar-refractivity contribution in [3.8, 4) is 11.5 Å². The second kappa shape index (κ2) is 11.1. The molecule has 0 spiro atoms. The SMILES string of the molecule is CCOc1cc(/C=C2\C(=O)NC(=O)N(c3ccc(Br)c(C)c3)C2=O)cc(Cl)c1OCc1ccccc1F. The summed E-state index contributed by atoms with van der Waals surface area (Å²) >= 11 is 9.85. The van der Waals surface area contributed by atoms with E-state index in [2.05, 4.69) is 21.2 Å². The summed E-state index contributed by atoms with van der Waals surface area (Å²) in [5.74, 6) is -1.60. The number of nitrogens with zero attached hydrogens (tertiary/aromatic N) is 1. The number of halogens is 3. The standard InChI is InChI=1S/C27H21BrClFN2O5/c1-3-36-23-13-16(12-21(29)24(23)37-14-17-6-4-5-7-22(17)30)11-19-25(33)31-27(35)32(26(19)34)18-8-9-20(28)15(2)10-18/h4-13H,3,14H2,1-2H3,(H,31,33,35)/b19-11+. The second-order valence-corrected chi connectivity index (χ2v) is 9.30. The zero-order valence-corrected chi connectivity index (χ0v) is 22.2. The lowest BCUT2D eigenvalue weighted by atomic mass is 10.1. The Labute approximate surface area is 225 Å². The maximum absolute atomic E-state index is 14.0. The second-order valence-electron chi connectivity index (χ2n) is 8.03. The van der Waals surface area contributed by atoms with Gasteiger partial charge >= 0.3 is 6.03 Å². The first kappa shape index (κ1) is 26.4. The van der Waals surface area contributed by atoms with Gasteiger partial charge in [0.05, 0.1) is 17.3 Å². The number of barbiturate groups is 1. The Hall–Kier alpha value is -3.69. The van der Waals surface area contributed by atoms with Gasteiger partial charge < -0.3 is 9.47 Å². The average Bonchev–Trinajstić information content (AvgIpc) is 2.84. The van der Waals surface area contributed by atoms with Crippen molar-refractivity contribution < 1.29 is 28.2 Å². The maximum Gasteiger partial charge on any atom is 0.335 e. The molecule has 3 aromatic rings. The van der Waals surface area contributed by atoms with Crippen LogP contribution < -0.4 is 19.7 Å². The molecule has 0 unspecified atom stereocenters. The van der Waals surface area contributed by atoms with Crippen LogP contribution in [0.1, 0.15) is 23.6 Å². The van der Waals surface area contributed by atoms with Crippen LogP contribution in [0.15, 0.2) is 64.6 Å². The van der Waals surface area contributed by atoms with Gasteiger partial charge in [0.25, 0.3) is 11.8 Å². The molecule has 0 atom stereocenters. The number of hydrogen-bond acceptors (Lipinski definition) is 5. The topological polar surface area (TPSA) is 84.9 Å². The molecule has 4 rings (SSSR count). The molecule has 1 N–H and O–H groups in total. The van der Waals surface area contributed by atoms with Crippen molar-refractivity contribution in [2.45, 2.75) is 20.5 Å². The number of urea groups is 1. The first-order valence-corrected chi connectivity index (χ1v) is 12.4. The van der Waals surface area contributed by atoms with E-state index in [0.717, 1.165) is 14.9 Å². The van der Waals surface area contributed by atoms with E-state index in [1.165, 1.54) is 18.2 Å². The minimum absolute atomic E-state index is 0.0858. The highest BCUT2D eigenvalue weighted by atomic mass is 79.9.